The molecular formula is C21H28N6O. The quantitative estimate of drug-likeness (QED) is 0.682. The van der Waals surface area contributed by atoms with Crippen LogP contribution in [-0.4, -0.2) is 43.5 Å². The van der Waals surface area contributed by atoms with Gasteiger partial charge in [-0.25, -0.2) is 9.67 Å². The van der Waals surface area contributed by atoms with Gasteiger partial charge in [-0.3, -0.25) is 10.00 Å². The number of nitrogens with one attached hydrogen (secondary N) is 1. The molecule has 0 saturated heterocycles. The highest BCUT2D eigenvalue weighted by Crippen LogP contribution is 2.29. The van der Waals surface area contributed by atoms with Crippen molar-refractivity contribution >= 4 is 0 Å². The van der Waals surface area contributed by atoms with E-state index in [-0.39, 0.29) is 0 Å². The molecule has 1 atom stereocenters. The molecule has 148 valence electrons. The molecule has 0 fully saturated rings. The van der Waals surface area contributed by atoms with Crippen LogP contribution in [0.15, 0.2) is 30.9 Å². The van der Waals surface area contributed by atoms with Gasteiger partial charge in [0.25, 0.3) is 0 Å². The summed E-state index contributed by atoms with van der Waals surface area (Å²) in [5, 5.41) is 12.1. The number of aromatic amines is 1. The van der Waals surface area contributed by atoms with Crippen LogP contribution in [0.2, 0.25) is 0 Å². The highest BCUT2D eigenvalue weighted by molar-refractivity contribution is 5.38. The molecule has 3 heterocycles. The molecular weight excluding hydrogens is 352 g/mol. The molecule has 1 aliphatic rings. The van der Waals surface area contributed by atoms with Gasteiger partial charge >= 0.3 is 0 Å². The van der Waals surface area contributed by atoms with Crippen molar-refractivity contribution in [3.63, 3.8) is 0 Å². The lowest BCUT2D eigenvalue weighted by Crippen LogP contribution is -2.30. The van der Waals surface area contributed by atoms with Gasteiger partial charge in [0.05, 0.1) is 19.3 Å². The molecule has 0 aliphatic carbocycles. The third-order valence-electron chi connectivity index (χ3n) is 5.67. The standard InChI is InChI=1S/C21H28N6O/c1-4-15(2)21-18-12-26(8-7-19(18)24-25-21)10-16-5-6-20(28-3)17(9-16)11-27-14-22-13-23-27/h5-6,9,13-15H,4,7-8,10-12H2,1-3H3,(H,24,25)/t15-/m1/s1. The summed E-state index contributed by atoms with van der Waals surface area (Å²) in [6, 6.07) is 6.44. The Bertz CT molecular complexity index is 917. The Morgan fingerprint density at radius 1 is 1.29 bits per heavy atom. The zero-order chi connectivity index (χ0) is 19.5. The van der Waals surface area contributed by atoms with Crippen molar-refractivity contribution in [2.45, 2.75) is 52.2 Å². The van der Waals surface area contributed by atoms with Gasteiger partial charge in [0, 0.05) is 48.8 Å². The first kappa shape index (κ1) is 18.7. The van der Waals surface area contributed by atoms with E-state index in [1.807, 2.05) is 4.68 Å². The molecule has 4 rings (SSSR count). The van der Waals surface area contributed by atoms with E-state index in [0.29, 0.717) is 12.5 Å². The lowest BCUT2D eigenvalue weighted by Gasteiger charge is -2.28. The highest BCUT2D eigenvalue weighted by Gasteiger charge is 2.24. The van der Waals surface area contributed by atoms with Crippen LogP contribution in [0.1, 0.15) is 54.3 Å². The van der Waals surface area contributed by atoms with Crippen LogP contribution < -0.4 is 4.74 Å². The van der Waals surface area contributed by atoms with Crippen LogP contribution in [-0.2, 0) is 26.1 Å². The number of fused-ring (bicyclic) bond motifs is 1. The van der Waals surface area contributed by atoms with E-state index < -0.39 is 0 Å². The summed E-state index contributed by atoms with van der Waals surface area (Å²) in [5.41, 5.74) is 6.36. The number of hydrogen-bond donors (Lipinski definition) is 1. The van der Waals surface area contributed by atoms with E-state index in [2.05, 4.69) is 57.2 Å². The first-order chi connectivity index (χ1) is 13.7. The highest BCUT2D eigenvalue weighted by atomic mass is 16.5. The Labute approximate surface area is 165 Å². The smallest absolute Gasteiger partial charge is 0.137 e. The van der Waals surface area contributed by atoms with Crippen LogP contribution in [0.3, 0.4) is 0 Å². The van der Waals surface area contributed by atoms with Crippen LogP contribution in [0.5, 0.6) is 5.75 Å². The number of hydrogen-bond acceptors (Lipinski definition) is 5. The zero-order valence-electron chi connectivity index (χ0n) is 16.9. The second kappa shape index (κ2) is 8.14. The van der Waals surface area contributed by atoms with Gasteiger partial charge in [0.1, 0.15) is 18.4 Å². The second-order valence-electron chi connectivity index (χ2n) is 7.58. The minimum Gasteiger partial charge on any atom is -0.496 e. The lowest BCUT2D eigenvalue weighted by atomic mass is 9.96. The van der Waals surface area contributed by atoms with E-state index in [0.717, 1.165) is 43.8 Å². The molecule has 0 saturated carbocycles. The summed E-state index contributed by atoms with van der Waals surface area (Å²) in [7, 11) is 1.71. The molecule has 0 radical (unpaired) electrons. The number of nitrogens with zero attached hydrogens (tertiary/aromatic N) is 5. The van der Waals surface area contributed by atoms with Crippen molar-refractivity contribution in [3.05, 3.63) is 58.9 Å². The normalized spacial score (nSPS) is 15.4. The van der Waals surface area contributed by atoms with Crippen molar-refractivity contribution in [1.82, 2.24) is 29.9 Å². The van der Waals surface area contributed by atoms with Crippen LogP contribution in [0, 0.1) is 0 Å². The van der Waals surface area contributed by atoms with E-state index in [1.165, 1.54) is 22.5 Å². The number of ether oxygens (including phenoxy) is 1. The van der Waals surface area contributed by atoms with Crippen molar-refractivity contribution in [2.24, 2.45) is 0 Å². The van der Waals surface area contributed by atoms with Gasteiger partial charge in [0.2, 0.25) is 0 Å². The van der Waals surface area contributed by atoms with E-state index in [1.54, 1.807) is 19.8 Å². The Balaban J connectivity index is 1.51. The van der Waals surface area contributed by atoms with E-state index in [4.69, 9.17) is 4.74 Å². The molecule has 28 heavy (non-hydrogen) atoms. The van der Waals surface area contributed by atoms with Crippen molar-refractivity contribution < 1.29 is 4.74 Å². The molecule has 2 aromatic heterocycles. The first-order valence-electron chi connectivity index (χ1n) is 9.94. The average molecular weight is 380 g/mol. The van der Waals surface area contributed by atoms with E-state index in [9.17, 15) is 0 Å². The van der Waals surface area contributed by atoms with E-state index >= 15 is 0 Å². The third-order valence-corrected chi connectivity index (χ3v) is 5.67. The Hall–Kier alpha value is -2.67. The predicted molar refractivity (Wildman–Crippen MR) is 107 cm³/mol. The molecule has 7 heteroatoms. The SMILES string of the molecule is CC[C@@H](C)c1n[nH]c2c1CN(Cc1ccc(OC)c(Cn3cncn3)c1)CC2. The Morgan fingerprint density at radius 2 is 2.18 bits per heavy atom. The third kappa shape index (κ3) is 3.80. The summed E-state index contributed by atoms with van der Waals surface area (Å²) in [6.45, 7) is 8.05. The number of H-pyrrole nitrogens is 1. The minimum atomic E-state index is 0.496. The van der Waals surface area contributed by atoms with Gasteiger partial charge in [-0.15, -0.1) is 0 Å². The lowest BCUT2D eigenvalue weighted by molar-refractivity contribution is 0.243. The molecule has 3 aromatic rings. The fraction of sp³-hybridized carbons (Fsp3) is 0.476. The number of rotatable bonds is 7. The van der Waals surface area contributed by atoms with Crippen molar-refractivity contribution in [1.29, 1.82) is 0 Å². The molecule has 0 spiro atoms. The number of aromatic nitrogens is 5. The summed E-state index contributed by atoms with van der Waals surface area (Å²) >= 11 is 0. The monoisotopic (exact) mass is 380 g/mol. The summed E-state index contributed by atoms with van der Waals surface area (Å²) in [5.74, 6) is 1.38. The van der Waals surface area contributed by atoms with Gasteiger partial charge in [-0.05, 0) is 24.1 Å². The topological polar surface area (TPSA) is 71.9 Å². The van der Waals surface area contributed by atoms with Crippen molar-refractivity contribution in [2.75, 3.05) is 13.7 Å². The maximum Gasteiger partial charge on any atom is 0.137 e. The van der Waals surface area contributed by atoms with Crippen LogP contribution in [0.25, 0.3) is 0 Å². The molecule has 7 nitrogen and oxygen atoms in total. The van der Waals surface area contributed by atoms with Crippen LogP contribution in [0.4, 0.5) is 0 Å². The van der Waals surface area contributed by atoms with Gasteiger partial charge in [-0.1, -0.05) is 19.9 Å². The van der Waals surface area contributed by atoms with Gasteiger partial charge < -0.3 is 4.74 Å². The van der Waals surface area contributed by atoms with Gasteiger partial charge in [0.15, 0.2) is 0 Å². The maximum atomic E-state index is 5.54. The average Bonchev–Trinajstić information content (AvgIpc) is 3.37. The molecule has 0 unspecified atom stereocenters. The number of methoxy groups -OCH3 is 1. The molecule has 1 aromatic carbocycles. The molecule has 0 amide bonds. The predicted octanol–water partition coefficient (Wildman–Crippen LogP) is 3.13. The van der Waals surface area contributed by atoms with Crippen LogP contribution >= 0.6 is 0 Å². The first-order valence-corrected chi connectivity index (χ1v) is 9.94. The fourth-order valence-corrected chi connectivity index (χ4v) is 3.91. The van der Waals surface area contributed by atoms with Crippen molar-refractivity contribution in [3.8, 4) is 5.75 Å². The summed E-state index contributed by atoms with van der Waals surface area (Å²) < 4.78 is 7.36. The minimum absolute atomic E-state index is 0.496. The largest absolute Gasteiger partial charge is 0.496 e. The maximum absolute atomic E-state index is 5.54. The fourth-order valence-electron chi connectivity index (χ4n) is 3.91. The van der Waals surface area contributed by atoms with Gasteiger partial charge in [-0.2, -0.15) is 10.2 Å². The second-order valence-corrected chi connectivity index (χ2v) is 7.58. The molecule has 0 bridgehead atoms. The Kier molecular flexibility index (Phi) is 5.43. The Morgan fingerprint density at radius 3 is 2.93 bits per heavy atom. The zero-order valence-corrected chi connectivity index (χ0v) is 16.9. The molecule has 1 N–H and O–H groups in total. The summed E-state index contributed by atoms with van der Waals surface area (Å²) in [4.78, 5) is 6.53. The number of benzene rings is 1. The summed E-state index contributed by atoms with van der Waals surface area (Å²) in [6.07, 6.45) is 5.43. The molecule has 1 aliphatic heterocycles.